The van der Waals surface area contributed by atoms with E-state index in [1.807, 2.05) is 48.5 Å². The summed E-state index contributed by atoms with van der Waals surface area (Å²) in [5.41, 5.74) is 3.98. The SMILES string of the molecule is CC[C@H](C)CNCc1nc2ccc(Oc3ccc(-c4ccn[nH]4)cc3)cc2[nH]1. The van der Waals surface area contributed by atoms with Gasteiger partial charge in [0.2, 0.25) is 0 Å². The quantitative estimate of drug-likeness (QED) is 0.410. The first kappa shape index (κ1) is 18.3. The highest BCUT2D eigenvalue weighted by molar-refractivity contribution is 5.77. The van der Waals surface area contributed by atoms with Crippen LogP contribution in [0.25, 0.3) is 22.3 Å². The Morgan fingerprint density at radius 1 is 1.07 bits per heavy atom. The second-order valence-corrected chi connectivity index (χ2v) is 7.10. The van der Waals surface area contributed by atoms with E-state index in [1.165, 1.54) is 6.42 Å². The fourth-order valence-electron chi connectivity index (χ4n) is 3.03. The molecule has 0 aliphatic heterocycles. The van der Waals surface area contributed by atoms with Crippen LogP contribution in [0.1, 0.15) is 26.1 Å². The molecule has 3 N–H and O–H groups in total. The number of H-pyrrole nitrogens is 2. The number of nitrogens with zero attached hydrogens (tertiary/aromatic N) is 2. The van der Waals surface area contributed by atoms with Crippen molar-refractivity contribution in [2.75, 3.05) is 6.54 Å². The lowest BCUT2D eigenvalue weighted by molar-refractivity contribution is 0.483. The number of ether oxygens (including phenoxy) is 1. The van der Waals surface area contributed by atoms with E-state index in [0.717, 1.165) is 52.7 Å². The van der Waals surface area contributed by atoms with Crippen LogP contribution in [-0.2, 0) is 6.54 Å². The number of aromatic amines is 2. The van der Waals surface area contributed by atoms with Crippen molar-refractivity contribution in [3.63, 3.8) is 0 Å². The molecule has 0 amide bonds. The van der Waals surface area contributed by atoms with Crippen molar-refractivity contribution >= 4 is 11.0 Å². The Kier molecular flexibility index (Phi) is 5.39. The van der Waals surface area contributed by atoms with Gasteiger partial charge in [0.1, 0.15) is 17.3 Å². The minimum Gasteiger partial charge on any atom is -0.457 e. The molecule has 0 bridgehead atoms. The zero-order chi connectivity index (χ0) is 19.3. The zero-order valence-corrected chi connectivity index (χ0v) is 16.2. The van der Waals surface area contributed by atoms with Crippen molar-refractivity contribution in [3.05, 3.63) is 60.6 Å². The first-order valence-electron chi connectivity index (χ1n) is 9.68. The maximum Gasteiger partial charge on any atom is 0.129 e. The maximum absolute atomic E-state index is 6.01. The lowest BCUT2D eigenvalue weighted by Gasteiger charge is -2.08. The van der Waals surface area contributed by atoms with Gasteiger partial charge in [0.25, 0.3) is 0 Å². The lowest BCUT2D eigenvalue weighted by Crippen LogP contribution is -2.20. The molecule has 0 aliphatic rings. The molecule has 6 heteroatoms. The molecule has 0 radical (unpaired) electrons. The van der Waals surface area contributed by atoms with Gasteiger partial charge in [-0.15, -0.1) is 0 Å². The van der Waals surface area contributed by atoms with Gasteiger partial charge in [0, 0.05) is 12.3 Å². The van der Waals surface area contributed by atoms with E-state index in [0.29, 0.717) is 5.92 Å². The van der Waals surface area contributed by atoms with Crippen molar-refractivity contribution < 1.29 is 4.74 Å². The van der Waals surface area contributed by atoms with Crippen LogP contribution < -0.4 is 10.1 Å². The maximum atomic E-state index is 6.01. The molecular weight excluding hydrogens is 350 g/mol. The number of hydrogen-bond donors (Lipinski definition) is 3. The van der Waals surface area contributed by atoms with E-state index in [-0.39, 0.29) is 0 Å². The fraction of sp³-hybridized carbons (Fsp3) is 0.273. The summed E-state index contributed by atoms with van der Waals surface area (Å²) in [4.78, 5) is 8.02. The van der Waals surface area contributed by atoms with E-state index in [2.05, 4.69) is 39.3 Å². The number of hydrogen-bond acceptors (Lipinski definition) is 4. The van der Waals surface area contributed by atoms with Crippen LogP contribution in [0.3, 0.4) is 0 Å². The van der Waals surface area contributed by atoms with E-state index >= 15 is 0 Å². The Morgan fingerprint density at radius 3 is 2.64 bits per heavy atom. The van der Waals surface area contributed by atoms with Crippen LogP contribution in [0.4, 0.5) is 0 Å². The van der Waals surface area contributed by atoms with Crippen LogP contribution in [0.5, 0.6) is 11.5 Å². The Bertz CT molecular complexity index is 1020. The van der Waals surface area contributed by atoms with Crippen molar-refractivity contribution in [2.24, 2.45) is 5.92 Å². The molecule has 1 atom stereocenters. The molecule has 2 aromatic heterocycles. The molecule has 0 unspecified atom stereocenters. The number of benzene rings is 2. The third-order valence-electron chi connectivity index (χ3n) is 4.89. The predicted molar refractivity (Wildman–Crippen MR) is 111 cm³/mol. The average molecular weight is 375 g/mol. The van der Waals surface area contributed by atoms with E-state index in [9.17, 15) is 0 Å². The van der Waals surface area contributed by atoms with Gasteiger partial charge in [0.05, 0.1) is 23.3 Å². The summed E-state index contributed by atoms with van der Waals surface area (Å²) in [6.45, 7) is 6.19. The van der Waals surface area contributed by atoms with Gasteiger partial charge >= 0.3 is 0 Å². The Hall–Kier alpha value is -3.12. The fourth-order valence-corrected chi connectivity index (χ4v) is 3.03. The number of rotatable bonds is 8. The first-order valence-corrected chi connectivity index (χ1v) is 9.68. The van der Waals surface area contributed by atoms with Crippen LogP contribution in [0.2, 0.25) is 0 Å². The van der Waals surface area contributed by atoms with Crippen molar-refractivity contribution in [2.45, 2.75) is 26.8 Å². The molecule has 28 heavy (non-hydrogen) atoms. The second-order valence-electron chi connectivity index (χ2n) is 7.10. The second kappa shape index (κ2) is 8.27. The standard InChI is InChI=1S/C22H25N5O/c1-3-15(2)13-23-14-22-25-20-9-8-18(12-21(20)26-22)28-17-6-4-16(5-7-17)19-10-11-24-27-19/h4-12,15,23H,3,13-14H2,1-2H3,(H,24,27)(H,25,26)/t15-/m0/s1. The highest BCUT2D eigenvalue weighted by Gasteiger charge is 2.06. The summed E-state index contributed by atoms with van der Waals surface area (Å²) in [5, 5.41) is 10.4. The molecular formula is C22H25N5O. The summed E-state index contributed by atoms with van der Waals surface area (Å²) in [6, 6.07) is 15.8. The molecule has 2 heterocycles. The number of imidazole rings is 1. The average Bonchev–Trinajstić information content (AvgIpc) is 3.38. The highest BCUT2D eigenvalue weighted by Crippen LogP contribution is 2.27. The van der Waals surface area contributed by atoms with Crippen molar-refractivity contribution in [3.8, 4) is 22.8 Å². The Morgan fingerprint density at radius 2 is 1.89 bits per heavy atom. The van der Waals surface area contributed by atoms with Gasteiger partial charge in [-0.25, -0.2) is 4.98 Å². The molecule has 0 spiro atoms. The monoisotopic (exact) mass is 375 g/mol. The molecule has 4 rings (SSSR count). The number of aromatic nitrogens is 4. The lowest BCUT2D eigenvalue weighted by atomic mass is 10.1. The van der Waals surface area contributed by atoms with E-state index in [4.69, 9.17) is 4.74 Å². The Balaban J connectivity index is 1.43. The molecule has 0 fully saturated rings. The largest absolute Gasteiger partial charge is 0.457 e. The molecule has 0 aliphatic carbocycles. The minimum absolute atomic E-state index is 0.670. The molecule has 2 aromatic carbocycles. The Labute approximate surface area is 164 Å². The van der Waals surface area contributed by atoms with Crippen molar-refractivity contribution in [1.29, 1.82) is 0 Å². The van der Waals surface area contributed by atoms with Crippen molar-refractivity contribution in [1.82, 2.24) is 25.5 Å². The molecule has 0 saturated heterocycles. The highest BCUT2D eigenvalue weighted by atomic mass is 16.5. The number of nitrogens with one attached hydrogen (secondary N) is 3. The predicted octanol–water partition coefficient (Wildman–Crippen LogP) is 4.88. The van der Waals surface area contributed by atoms with Crippen LogP contribution >= 0.6 is 0 Å². The van der Waals surface area contributed by atoms with E-state index < -0.39 is 0 Å². The van der Waals surface area contributed by atoms with Crippen LogP contribution in [0, 0.1) is 5.92 Å². The van der Waals surface area contributed by atoms with E-state index in [1.54, 1.807) is 6.20 Å². The summed E-state index contributed by atoms with van der Waals surface area (Å²) >= 11 is 0. The summed E-state index contributed by atoms with van der Waals surface area (Å²) in [5.74, 6) is 3.19. The van der Waals surface area contributed by atoms with Gasteiger partial charge in [-0.1, -0.05) is 20.3 Å². The van der Waals surface area contributed by atoms with Gasteiger partial charge in [0.15, 0.2) is 0 Å². The van der Waals surface area contributed by atoms with Crippen LogP contribution in [0.15, 0.2) is 54.7 Å². The summed E-state index contributed by atoms with van der Waals surface area (Å²) < 4.78 is 6.01. The summed E-state index contributed by atoms with van der Waals surface area (Å²) in [6.07, 6.45) is 2.92. The van der Waals surface area contributed by atoms with Crippen LogP contribution in [-0.4, -0.2) is 26.7 Å². The summed E-state index contributed by atoms with van der Waals surface area (Å²) in [7, 11) is 0. The van der Waals surface area contributed by atoms with Gasteiger partial charge in [-0.2, -0.15) is 5.10 Å². The topological polar surface area (TPSA) is 78.6 Å². The third-order valence-corrected chi connectivity index (χ3v) is 4.89. The zero-order valence-electron chi connectivity index (χ0n) is 16.2. The van der Waals surface area contributed by atoms with Gasteiger partial charge in [-0.3, -0.25) is 5.10 Å². The minimum atomic E-state index is 0.670. The molecule has 6 nitrogen and oxygen atoms in total. The first-order chi connectivity index (χ1) is 13.7. The molecule has 144 valence electrons. The van der Waals surface area contributed by atoms with Gasteiger partial charge in [-0.05, 0) is 60.5 Å². The number of fused-ring (bicyclic) bond motifs is 1. The molecule has 4 aromatic rings. The third kappa shape index (κ3) is 4.23. The molecule has 0 saturated carbocycles. The normalized spacial score (nSPS) is 12.4. The smallest absolute Gasteiger partial charge is 0.129 e. The van der Waals surface area contributed by atoms with Gasteiger partial charge < -0.3 is 15.0 Å².